The zero-order valence-electron chi connectivity index (χ0n) is 14.9. The van der Waals surface area contributed by atoms with Gasteiger partial charge < -0.3 is 19.9 Å². The molecule has 1 fully saturated rings. The van der Waals surface area contributed by atoms with E-state index in [2.05, 4.69) is 4.37 Å². The summed E-state index contributed by atoms with van der Waals surface area (Å²) in [5.41, 5.74) is 6.08. The molecule has 3 aromatic rings. The minimum Gasteiger partial charge on any atom is -0.487 e. The van der Waals surface area contributed by atoms with Gasteiger partial charge in [-0.3, -0.25) is 14.0 Å². The monoisotopic (exact) mass is 390 g/mol. The van der Waals surface area contributed by atoms with E-state index in [-0.39, 0.29) is 28.9 Å². The number of nitrogens with two attached hydrogens (primary N) is 1. The first-order chi connectivity index (χ1) is 12.9. The van der Waals surface area contributed by atoms with Crippen molar-refractivity contribution >= 4 is 38.3 Å². The molecule has 0 amide bonds. The van der Waals surface area contributed by atoms with Gasteiger partial charge >= 0.3 is 0 Å². The van der Waals surface area contributed by atoms with E-state index in [0.717, 1.165) is 18.0 Å². The predicted octanol–water partition coefficient (Wildman–Crippen LogP) is 1.92. The highest BCUT2D eigenvalue weighted by atomic mass is 32.1. The lowest BCUT2D eigenvalue weighted by Gasteiger charge is -2.32. The molecule has 2 aliphatic heterocycles. The second-order valence-electron chi connectivity index (χ2n) is 7.50. The number of H-pyrrole nitrogens is 1. The highest BCUT2D eigenvalue weighted by Crippen LogP contribution is 2.44. The summed E-state index contributed by atoms with van der Waals surface area (Å²) in [6.07, 6.45) is 0.762. The topological polar surface area (TPSA) is 93.4 Å². The van der Waals surface area contributed by atoms with Crippen molar-refractivity contribution in [2.45, 2.75) is 38.4 Å². The third-order valence-corrected chi connectivity index (χ3v) is 6.48. The van der Waals surface area contributed by atoms with Crippen molar-refractivity contribution in [2.24, 2.45) is 5.73 Å². The molecule has 0 bridgehead atoms. The van der Waals surface area contributed by atoms with Crippen LogP contribution in [0.25, 0.3) is 21.1 Å². The Kier molecular flexibility index (Phi) is 3.45. The molecule has 2 aromatic heterocycles. The summed E-state index contributed by atoms with van der Waals surface area (Å²) in [5.74, 6) is -0.161. The number of pyridine rings is 1. The highest BCUT2D eigenvalue weighted by molar-refractivity contribution is 7.12. The van der Waals surface area contributed by atoms with Crippen LogP contribution in [0.4, 0.5) is 10.1 Å². The number of nitrogens with zero attached hydrogens (tertiary/aromatic N) is 2. The zero-order valence-corrected chi connectivity index (χ0v) is 15.7. The maximum atomic E-state index is 15.2. The summed E-state index contributed by atoms with van der Waals surface area (Å²) in [5, 5.41) is 0.251. The first kappa shape index (κ1) is 16.8. The Labute approximate surface area is 157 Å². The summed E-state index contributed by atoms with van der Waals surface area (Å²) in [6.45, 7) is 4.81. The number of aromatic nitrogens is 2. The number of benzene rings is 1. The molecular weight excluding hydrogens is 371 g/mol. The van der Waals surface area contributed by atoms with Gasteiger partial charge in [0.2, 0.25) is 5.43 Å². The van der Waals surface area contributed by atoms with E-state index in [0.29, 0.717) is 34.9 Å². The van der Waals surface area contributed by atoms with Crippen LogP contribution in [0.2, 0.25) is 0 Å². The van der Waals surface area contributed by atoms with E-state index in [1.165, 1.54) is 6.07 Å². The van der Waals surface area contributed by atoms with Gasteiger partial charge in [-0.2, -0.15) is 0 Å². The van der Waals surface area contributed by atoms with Crippen LogP contribution in [0, 0.1) is 5.82 Å². The number of halogens is 1. The number of hydrogen-bond acceptors (Lipinski definition) is 6. The van der Waals surface area contributed by atoms with Crippen LogP contribution in [0.3, 0.4) is 0 Å². The molecule has 7 nitrogen and oxygen atoms in total. The van der Waals surface area contributed by atoms with Gasteiger partial charge in [-0.1, -0.05) is 0 Å². The maximum Gasteiger partial charge on any atom is 0.271 e. The summed E-state index contributed by atoms with van der Waals surface area (Å²) in [6, 6.07) is 1.18. The molecule has 5 rings (SSSR count). The number of fused-ring (bicyclic) bond motifs is 2. The van der Waals surface area contributed by atoms with Gasteiger partial charge in [0, 0.05) is 18.6 Å². The smallest absolute Gasteiger partial charge is 0.271 e. The predicted molar refractivity (Wildman–Crippen MR) is 104 cm³/mol. The number of hydrogen-bond donors (Lipinski definition) is 2. The van der Waals surface area contributed by atoms with E-state index in [4.69, 9.17) is 10.5 Å². The summed E-state index contributed by atoms with van der Waals surface area (Å²) >= 11 is 1.13. The van der Waals surface area contributed by atoms with Gasteiger partial charge in [0.05, 0.1) is 16.9 Å². The van der Waals surface area contributed by atoms with Crippen LogP contribution < -0.4 is 26.4 Å². The van der Waals surface area contributed by atoms with Crippen molar-refractivity contribution in [3.63, 3.8) is 0 Å². The van der Waals surface area contributed by atoms with Crippen molar-refractivity contribution in [1.29, 1.82) is 0 Å². The third kappa shape index (κ3) is 2.15. The lowest BCUT2D eigenvalue weighted by Crippen LogP contribution is -2.32. The molecule has 2 aliphatic rings. The van der Waals surface area contributed by atoms with E-state index in [9.17, 15) is 9.59 Å². The van der Waals surface area contributed by atoms with Gasteiger partial charge in [0.25, 0.3) is 5.56 Å². The molecule has 0 spiro atoms. The van der Waals surface area contributed by atoms with Gasteiger partial charge in [-0.05, 0) is 37.9 Å². The zero-order chi connectivity index (χ0) is 19.0. The molecule has 1 aromatic carbocycles. The van der Waals surface area contributed by atoms with Crippen LogP contribution in [0.5, 0.6) is 5.75 Å². The third-order valence-electron chi connectivity index (χ3n) is 5.60. The lowest BCUT2D eigenvalue weighted by atomic mass is 10.1. The van der Waals surface area contributed by atoms with Gasteiger partial charge in [-0.15, -0.1) is 0 Å². The lowest BCUT2D eigenvalue weighted by molar-refractivity contribution is 0.250. The van der Waals surface area contributed by atoms with Crippen LogP contribution >= 0.6 is 11.5 Å². The molecule has 0 radical (unpaired) electrons. The largest absolute Gasteiger partial charge is 0.487 e. The molecule has 1 saturated heterocycles. The summed E-state index contributed by atoms with van der Waals surface area (Å²) in [4.78, 5) is 27.6. The first-order valence-corrected chi connectivity index (χ1v) is 9.77. The number of ether oxygens (including phenoxy) is 1. The van der Waals surface area contributed by atoms with Crippen molar-refractivity contribution < 1.29 is 9.13 Å². The van der Waals surface area contributed by atoms with E-state index < -0.39 is 16.8 Å². The number of rotatable bonds is 1. The van der Waals surface area contributed by atoms with Gasteiger partial charge in [0.15, 0.2) is 11.6 Å². The van der Waals surface area contributed by atoms with Crippen LogP contribution in [-0.2, 0) is 0 Å². The fraction of sp³-hybridized carbons (Fsp3) is 0.444. The highest BCUT2D eigenvalue weighted by Gasteiger charge is 2.35. The van der Waals surface area contributed by atoms with Gasteiger partial charge in [-0.25, -0.2) is 4.39 Å². The Morgan fingerprint density at radius 2 is 2.11 bits per heavy atom. The molecule has 3 atom stereocenters. The quantitative estimate of drug-likeness (QED) is 0.662. The summed E-state index contributed by atoms with van der Waals surface area (Å²) in [7, 11) is 0. The molecular formula is C18H19FN4O3S. The minimum atomic E-state index is -0.525. The molecule has 27 heavy (non-hydrogen) atoms. The molecule has 0 saturated carbocycles. The van der Waals surface area contributed by atoms with Crippen LogP contribution in [-0.4, -0.2) is 34.2 Å². The Bertz CT molecular complexity index is 1210. The van der Waals surface area contributed by atoms with E-state index in [1.54, 1.807) is 0 Å². The molecule has 142 valence electrons. The van der Waals surface area contributed by atoms with Crippen molar-refractivity contribution in [3.05, 3.63) is 32.5 Å². The normalized spacial score (nSPS) is 24.7. The maximum absolute atomic E-state index is 15.2. The SMILES string of the molecule is CC1CC(N)CN1c1c(F)cc2c(=O)c3c(=O)[nH]sc3n3c2c1OCC3C. The van der Waals surface area contributed by atoms with Crippen molar-refractivity contribution in [2.75, 3.05) is 18.1 Å². The van der Waals surface area contributed by atoms with E-state index >= 15 is 4.39 Å². The standard InChI is InChI=1S/C18H19FN4O3S/c1-7-3-9(20)5-22(7)14-11(19)4-10-13-16(14)26-6-8(2)23(13)18-12(15(10)24)17(25)21-27-18/h4,7-9H,3,5-6,20H2,1-2H3,(H,21,25). The second-order valence-corrected chi connectivity index (χ2v) is 8.30. The molecule has 0 aliphatic carbocycles. The molecule has 4 heterocycles. The number of nitrogens with one attached hydrogen (secondary N) is 1. The summed E-state index contributed by atoms with van der Waals surface area (Å²) < 4.78 is 25.7. The molecule has 9 heteroatoms. The fourth-order valence-electron chi connectivity index (χ4n) is 4.41. The second kappa shape index (κ2) is 5.56. The van der Waals surface area contributed by atoms with E-state index in [1.807, 2.05) is 23.3 Å². The Balaban J connectivity index is 1.95. The number of aromatic amines is 1. The van der Waals surface area contributed by atoms with Crippen molar-refractivity contribution in [1.82, 2.24) is 8.94 Å². The molecule has 3 N–H and O–H groups in total. The number of anilines is 1. The molecule has 3 unspecified atom stereocenters. The first-order valence-electron chi connectivity index (χ1n) is 8.95. The van der Waals surface area contributed by atoms with Crippen molar-refractivity contribution in [3.8, 4) is 5.75 Å². The average Bonchev–Trinajstić information content (AvgIpc) is 3.15. The Hall–Kier alpha value is -2.39. The van der Waals surface area contributed by atoms with Crippen LogP contribution in [0.1, 0.15) is 26.3 Å². The van der Waals surface area contributed by atoms with Crippen LogP contribution in [0.15, 0.2) is 15.7 Å². The minimum absolute atomic E-state index is 0.0376. The Morgan fingerprint density at radius 1 is 1.33 bits per heavy atom. The van der Waals surface area contributed by atoms with Gasteiger partial charge in [0.1, 0.15) is 22.5 Å². The fourth-order valence-corrected chi connectivity index (χ4v) is 5.35. The average molecular weight is 390 g/mol. The Morgan fingerprint density at radius 3 is 2.81 bits per heavy atom.